The van der Waals surface area contributed by atoms with Crippen molar-refractivity contribution in [3.05, 3.63) is 56.0 Å². The van der Waals surface area contributed by atoms with Crippen LogP contribution in [0.3, 0.4) is 0 Å². The number of aryl methyl sites for hydroxylation is 1. The summed E-state index contributed by atoms with van der Waals surface area (Å²) in [7, 11) is 2.09. The number of rotatable bonds is 6. The van der Waals surface area contributed by atoms with Crippen LogP contribution in [-0.4, -0.2) is 63.6 Å². The van der Waals surface area contributed by atoms with Crippen LogP contribution in [-0.2, 0) is 6.42 Å². The number of hydrazone groups is 1. The first kappa shape index (κ1) is 19.8. The van der Waals surface area contributed by atoms with Gasteiger partial charge in [0.05, 0.1) is 21.9 Å². The van der Waals surface area contributed by atoms with E-state index in [9.17, 15) is 14.9 Å². The second-order valence-electron chi connectivity index (χ2n) is 7.07. The van der Waals surface area contributed by atoms with Gasteiger partial charge in [0, 0.05) is 44.0 Å². The predicted molar refractivity (Wildman–Crippen MR) is 108 cm³/mol. The van der Waals surface area contributed by atoms with Crippen LogP contribution in [0, 0.1) is 10.1 Å². The Bertz CT molecular complexity index is 920. The zero-order valence-electron chi connectivity index (χ0n) is 16.5. The Morgan fingerprint density at radius 3 is 2.43 bits per heavy atom. The summed E-state index contributed by atoms with van der Waals surface area (Å²) in [6.45, 7) is 7.47. The summed E-state index contributed by atoms with van der Waals surface area (Å²) in [4.78, 5) is 25.8. The molecule has 1 fully saturated rings. The average Bonchev–Trinajstić information content (AvgIpc) is 3.00. The maximum absolute atomic E-state index is 13.1. The SMILES string of the molecule is CCCc1[nH]n(-c2ccc([N+](=O)[O-])cc2)c(=O)c1/C(C)=N/N1CCN(C)CC1. The monoisotopic (exact) mass is 386 g/mol. The van der Waals surface area contributed by atoms with Crippen molar-refractivity contribution in [3.8, 4) is 5.69 Å². The minimum atomic E-state index is -0.456. The van der Waals surface area contributed by atoms with Crippen molar-refractivity contribution in [2.45, 2.75) is 26.7 Å². The topological polar surface area (TPSA) is 99.8 Å². The number of likely N-dealkylation sites (N-methyl/N-ethyl adjacent to an activating group) is 1. The van der Waals surface area contributed by atoms with Gasteiger partial charge in [-0.3, -0.25) is 25.0 Å². The maximum Gasteiger partial charge on any atom is 0.280 e. The Kier molecular flexibility index (Phi) is 5.93. The van der Waals surface area contributed by atoms with Gasteiger partial charge in [0.15, 0.2) is 0 Å². The van der Waals surface area contributed by atoms with E-state index in [1.807, 2.05) is 11.9 Å². The van der Waals surface area contributed by atoms with Crippen LogP contribution in [0.15, 0.2) is 34.2 Å². The summed E-state index contributed by atoms with van der Waals surface area (Å²) < 4.78 is 1.44. The van der Waals surface area contributed by atoms with Gasteiger partial charge in [0.1, 0.15) is 0 Å². The lowest BCUT2D eigenvalue weighted by Gasteiger charge is -2.30. The third-order valence-electron chi connectivity index (χ3n) is 4.92. The smallest absolute Gasteiger partial charge is 0.280 e. The zero-order chi connectivity index (χ0) is 20.3. The highest BCUT2D eigenvalue weighted by molar-refractivity contribution is 5.99. The van der Waals surface area contributed by atoms with Gasteiger partial charge in [-0.05, 0) is 32.5 Å². The number of hydrogen-bond donors (Lipinski definition) is 1. The fourth-order valence-corrected chi connectivity index (χ4v) is 3.35. The fourth-order valence-electron chi connectivity index (χ4n) is 3.35. The number of hydrogen-bond acceptors (Lipinski definition) is 6. The van der Waals surface area contributed by atoms with Crippen LogP contribution < -0.4 is 5.56 Å². The molecule has 0 radical (unpaired) electrons. The van der Waals surface area contributed by atoms with Crippen molar-refractivity contribution in [3.63, 3.8) is 0 Å². The van der Waals surface area contributed by atoms with Crippen LogP contribution in [0.1, 0.15) is 31.5 Å². The molecule has 1 aliphatic heterocycles. The Hall–Kier alpha value is -2.94. The molecule has 1 N–H and O–H groups in total. The minimum Gasteiger partial charge on any atom is -0.303 e. The molecule has 0 saturated carbocycles. The van der Waals surface area contributed by atoms with E-state index in [1.165, 1.54) is 16.8 Å². The maximum atomic E-state index is 13.1. The molecule has 0 spiro atoms. The van der Waals surface area contributed by atoms with Gasteiger partial charge in [0.2, 0.25) is 0 Å². The fraction of sp³-hybridized carbons (Fsp3) is 0.474. The highest BCUT2D eigenvalue weighted by atomic mass is 16.6. The van der Waals surface area contributed by atoms with Gasteiger partial charge in [-0.25, -0.2) is 4.68 Å². The lowest BCUT2D eigenvalue weighted by Crippen LogP contribution is -2.42. The second kappa shape index (κ2) is 8.39. The first-order valence-electron chi connectivity index (χ1n) is 9.48. The molecule has 150 valence electrons. The number of nitro groups is 1. The number of non-ortho nitro benzene ring substituents is 1. The summed E-state index contributed by atoms with van der Waals surface area (Å²) in [5.74, 6) is 0. The molecular weight excluding hydrogens is 360 g/mol. The van der Waals surface area contributed by atoms with E-state index in [1.54, 1.807) is 12.1 Å². The third kappa shape index (κ3) is 4.14. The Morgan fingerprint density at radius 2 is 1.86 bits per heavy atom. The van der Waals surface area contributed by atoms with Crippen molar-refractivity contribution in [2.24, 2.45) is 5.10 Å². The first-order valence-corrected chi connectivity index (χ1v) is 9.48. The average molecular weight is 386 g/mol. The van der Waals surface area contributed by atoms with Gasteiger partial charge >= 0.3 is 0 Å². The molecule has 0 unspecified atom stereocenters. The Labute approximate surface area is 163 Å². The number of benzene rings is 1. The summed E-state index contributed by atoms with van der Waals surface area (Å²) >= 11 is 0. The number of aromatic amines is 1. The summed E-state index contributed by atoms with van der Waals surface area (Å²) in [5.41, 5.74) is 2.47. The highest BCUT2D eigenvalue weighted by Gasteiger charge is 2.20. The van der Waals surface area contributed by atoms with E-state index in [0.717, 1.165) is 44.7 Å². The van der Waals surface area contributed by atoms with Crippen LogP contribution in [0.2, 0.25) is 0 Å². The molecule has 3 rings (SSSR count). The summed E-state index contributed by atoms with van der Waals surface area (Å²) in [6, 6.07) is 5.94. The van der Waals surface area contributed by atoms with E-state index in [-0.39, 0.29) is 11.2 Å². The van der Waals surface area contributed by atoms with Crippen LogP contribution in [0.25, 0.3) is 5.69 Å². The van der Waals surface area contributed by atoms with Crippen LogP contribution in [0.4, 0.5) is 5.69 Å². The van der Waals surface area contributed by atoms with Gasteiger partial charge < -0.3 is 4.90 Å². The van der Waals surface area contributed by atoms with Crippen molar-refractivity contribution in [1.82, 2.24) is 19.7 Å². The molecule has 2 aromatic rings. The number of nitrogens with one attached hydrogen (secondary N) is 1. The number of nitrogens with zero attached hydrogens (tertiary/aromatic N) is 5. The van der Waals surface area contributed by atoms with Gasteiger partial charge in [-0.15, -0.1) is 0 Å². The van der Waals surface area contributed by atoms with Crippen molar-refractivity contribution in [1.29, 1.82) is 0 Å². The minimum absolute atomic E-state index is 0.00910. The van der Waals surface area contributed by atoms with E-state index >= 15 is 0 Å². The molecule has 0 amide bonds. The molecule has 9 heteroatoms. The predicted octanol–water partition coefficient (Wildman–Crippen LogP) is 2.00. The summed E-state index contributed by atoms with van der Waals surface area (Å²) in [6.07, 6.45) is 1.61. The van der Waals surface area contributed by atoms with Crippen molar-refractivity contribution >= 4 is 11.4 Å². The number of aromatic nitrogens is 2. The quantitative estimate of drug-likeness (QED) is 0.465. The van der Waals surface area contributed by atoms with E-state index < -0.39 is 4.92 Å². The zero-order valence-corrected chi connectivity index (χ0v) is 16.5. The lowest BCUT2D eigenvalue weighted by atomic mass is 10.1. The molecule has 0 bridgehead atoms. The summed E-state index contributed by atoms with van der Waals surface area (Å²) in [5, 5.41) is 20.7. The number of piperazine rings is 1. The Morgan fingerprint density at radius 1 is 1.21 bits per heavy atom. The largest absolute Gasteiger partial charge is 0.303 e. The van der Waals surface area contributed by atoms with Crippen molar-refractivity contribution in [2.75, 3.05) is 33.2 Å². The molecule has 9 nitrogen and oxygen atoms in total. The van der Waals surface area contributed by atoms with E-state index in [2.05, 4.69) is 29.1 Å². The number of nitro benzene ring substituents is 1. The second-order valence-corrected chi connectivity index (χ2v) is 7.07. The third-order valence-corrected chi connectivity index (χ3v) is 4.92. The Balaban J connectivity index is 1.96. The van der Waals surface area contributed by atoms with Crippen LogP contribution in [0.5, 0.6) is 0 Å². The molecule has 0 atom stereocenters. The molecule has 2 heterocycles. The highest BCUT2D eigenvalue weighted by Crippen LogP contribution is 2.16. The molecule has 1 saturated heterocycles. The number of H-pyrrole nitrogens is 1. The van der Waals surface area contributed by atoms with Gasteiger partial charge in [0.25, 0.3) is 11.2 Å². The molecule has 0 aliphatic carbocycles. The van der Waals surface area contributed by atoms with Gasteiger partial charge in [-0.1, -0.05) is 13.3 Å². The van der Waals surface area contributed by atoms with E-state index in [4.69, 9.17) is 0 Å². The molecular formula is C19H26N6O3. The standard InChI is InChI=1S/C19H26N6O3/c1-4-5-17-18(14(2)20-23-12-10-22(3)11-13-23)19(26)24(21-17)15-6-8-16(9-7-15)25(27)28/h6-9,21H,4-5,10-13H2,1-3H3/b20-14+. The van der Waals surface area contributed by atoms with E-state index in [0.29, 0.717) is 17.0 Å². The molecule has 28 heavy (non-hydrogen) atoms. The van der Waals surface area contributed by atoms with Gasteiger partial charge in [-0.2, -0.15) is 5.10 Å². The van der Waals surface area contributed by atoms with Crippen LogP contribution >= 0.6 is 0 Å². The lowest BCUT2D eigenvalue weighted by molar-refractivity contribution is -0.384. The molecule has 1 aliphatic rings. The first-order chi connectivity index (χ1) is 13.4. The van der Waals surface area contributed by atoms with Crippen molar-refractivity contribution < 1.29 is 4.92 Å². The molecule has 1 aromatic heterocycles. The normalized spacial score (nSPS) is 15.8. The molecule has 1 aromatic carbocycles.